The van der Waals surface area contributed by atoms with Gasteiger partial charge in [-0.3, -0.25) is 9.78 Å². The summed E-state index contributed by atoms with van der Waals surface area (Å²) in [4.78, 5) is 30.5. The van der Waals surface area contributed by atoms with E-state index in [4.69, 9.17) is 4.74 Å². The SMILES string of the molecule is CCOC(=O)c1ccc(Nc2cncc(C(=O)N3CCC(C)CC3)c2)cc1. The minimum atomic E-state index is -0.339. The van der Waals surface area contributed by atoms with E-state index in [1.54, 1.807) is 43.6 Å². The van der Waals surface area contributed by atoms with E-state index in [0.717, 1.165) is 37.3 Å². The summed E-state index contributed by atoms with van der Waals surface area (Å²) in [5.41, 5.74) is 2.62. The lowest BCUT2D eigenvalue weighted by Gasteiger charge is -2.30. The maximum absolute atomic E-state index is 12.7. The zero-order valence-corrected chi connectivity index (χ0v) is 15.8. The fraction of sp³-hybridized carbons (Fsp3) is 0.381. The van der Waals surface area contributed by atoms with Crippen molar-refractivity contribution in [2.45, 2.75) is 26.7 Å². The molecule has 1 aliphatic heterocycles. The summed E-state index contributed by atoms with van der Waals surface area (Å²) >= 11 is 0. The molecule has 27 heavy (non-hydrogen) atoms. The van der Waals surface area contributed by atoms with Crippen LogP contribution in [0.2, 0.25) is 0 Å². The Kier molecular flexibility index (Phi) is 6.06. The summed E-state index contributed by atoms with van der Waals surface area (Å²) < 4.78 is 4.98. The van der Waals surface area contributed by atoms with Crippen LogP contribution >= 0.6 is 0 Å². The van der Waals surface area contributed by atoms with Crippen LogP contribution in [0.25, 0.3) is 0 Å². The van der Waals surface area contributed by atoms with Crippen molar-refractivity contribution in [3.05, 3.63) is 53.9 Å². The summed E-state index contributed by atoms with van der Waals surface area (Å²) in [7, 11) is 0. The number of rotatable bonds is 5. The second-order valence-electron chi connectivity index (χ2n) is 6.86. The number of carbonyl (C=O) groups is 2. The highest BCUT2D eigenvalue weighted by Crippen LogP contribution is 2.21. The van der Waals surface area contributed by atoms with Gasteiger partial charge in [0.15, 0.2) is 0 Å². The van der Waals surface area contributed by atoms with Crippen molar-refractivity contribution in [3.8, 4) is 0 Å². The van der Waals surface area contributed by atoms with E-state index in [2.05, 4.69) is 17.2 Å². The number of nitrogens with zero attached hydrogens (tertiary/aromatic N) is 2. The lowest BCUT2D eigenvalue weighted by molar-refractivity contribution is 0.0526. The number of likely N-dealkylation sites (tertiary alicyclic amines) is 1. The number of piperidine rings is 1. The number of hydrogen-bond donors (Lipinski definition) is 1. The van der Waals surface area contributed by atoms with E-state index in [-0.39, 0.29) is 11.9 Å². The third kappa shape index (κ3) is 4.84. The van der Waals surface area contributed by atoms with Crippen molar-refractivity contribution >= 4 is 23.3 Å². The molecule has 142 valence electrons. The number of amides is 1. The Bertz CT molecular complexity index is 797. The van der Waals surface area contributed by atoms with Gasteiger partial charge in [0, 0.05) is 25.0 Å². The molecular weight excluding hydrogens is 342 g/mol. The number of anilines is 2. The van der Waals surface area contributed by atoms with Gasteiger partial charge in [0.05, 0.1) is 29.6 Å². The molecule has 0 atom stereocenters. The molecule has 2 heterocycles. The van der Waals surface area contributed by atoms with Gasteiger partial charge in [0.1, 0.15) is 0 Å². The van der Waals surface area contributed by atoms with Crippen LogP contribution in [0.4, 0.5) is 11.4 Å². The maximum Gasteiger partial charge on any atom is 0.338 e. The fourth-order valence-electron chi connectivity index (χ4n) is 3.09. The van der Waals surface area contributed by atoms with Gasteiger partial charge < -0.3 is 15.0 Å². The molecule has 1 fully saturated rings. The Morgan fingerprint density at radius 2 is 1.81 bits per heavy atom. The van der Waals surface area contributed by atoms with Gasteiger partial charge >= 0.3 is 5.97 Å². The van der Waals surface area contributed by atoms with E-state index in [0.29, 0.717) is 23.7 Å². The van der Waals surface area contributed by atoms with Crippen molar-refractivity contribution in [2.75, 3.05) is 25.0 Å². The molecule has 1 saturated heterocycles. The van der Waals surface area contributed by atoms with Gasteiger partial charge in [-0.05, 0) is 56.0 Å². The van der Waals surface area contributed by atoms with Crippen LogP contribution < -0.4 is 5.32 Å². The number of hydrogen-bond acceptors (Lipinski definition) is 5. The molecule has 3 rings (SSSR count). The largest absolute Gasteiger partial charge is 0.462 e. The summed E-state index contributed by atoms with van der Waals surface area (Å²) in [5, 5.41) is 3.22. The maximum atomic E-state index is 12.7. The molecule has 2 aromatic rings. The molecule has 0 aliphatic carbocycles. The number of pyridine rings is 1. The standard InChI is InChI=1S/C21H25N3O3/c1-3-27-21(26)16-4-6-18(7-5-16)23-19-12-17(13-22-14-19)20(25)24-10-8-15(2)9-11-24/h4-7,12-15,23H,3,8-11H2,1-2H3. The second kappa shape index (κ2) is 8.66. The van der Waals surface area contributed by atoms with Crippen LogP contribution in [0.1, 0.15) is 47.4 Å². The first kappa shape index (κ1) is 18.9. The predicted octanol–water partition coefficient (Wildman–Crippen LogP) is 3.87. The molecule has 0 radical (unpaired) electrons. The molecule has 1 aromatic heterocycles. The Morgan fingerprint density at radius 1 is 1.11 bits per heavy atom. The van der Waals surface area contributed by atoms with Gasteiger partial charge in [-0.15, -0.1) is 0 Å². The van der Waals surface area contributed by atoms with Crippen LogP contribution in [-0.2, 0) is 4.74 Å². The number of aromatic nitrogens is 1. The van der Waals surface area contributed by atoms with E-state index < -0.39 is 0 Å². The molecule has 1 amide bonds. The average molecular weight is 367 g/mol. The monoisotopic (exact) mass is 367 g/mol. The Hall–Kier alpha value is -2.89. The van der Waals surface area contributed by atoms with Gasteiger partial charge in [-0.2, -0.15) is 0 Å². The first-order valence-corrected chi connectivity index (χ1v) is 9.35. The highest BCUT2D eigenvalue weighted by Gasteiger charge is 2.21. The molecule has 6 heteroatoms. The van der Waals surface area contributed by atoms with Crippen LogP contribution in [0.15, 0.2) is 42.7 Å². The highest BCUT2D eigenvalue weighted by molar-refractivity contribution is 5.95. The van der Waals surface area contributed by atoms with Crippen molar-refractivity contribution in [2.24, 2.45) is 5.92 Å². The Labute approximate surface area is 159 Å². The van der Waals surface area contributed by atoms with Crippen LogP contribution in [-0.4, -0.2) is 41.5 Å². The zero-order valence-electron chi connectivity index (χ0n) is 15.8. The zero-order chi connectivity index (χ0) is 19.2. The highest BCUT2D eigenvalue weighted by atomic mass is 16.5. The third-order valence-corrected chi connectivity index (χ3v) is 4.74. The smallest absolute Gasteiger partial charge is 0.338 e. The summed E-state index contributed by atoms with van der Waals surface area (Å²) in [6, 6.07) is 8.82. The molecule has 1 aromatic carbocycles. The summed E-state index contributed by atoms with van der Waals surface area (Å²) in [6.07, 6.45) is 5.37. The van der Waals surface area contributed by atoms with Crippen LogP contribution in [0, 0.1) is 5.92 Å². The van der Waals surface area contributed by atoms with E-state index in [1.807, 2.05) is 11.0 Å². The van der Waals surface area contributed by atoms with E-state index in [1.165, 1.54) is 0 Å². The van der Waals surface area contributed by atoms with Crippen molar-refractivity contribution in [3.63, 3.8) is 0 Å². The van der Waals surface area contributed by atoms with Crippen molar-refractivity contribution in [1.29, 1.82) is 0 Å². The van der Waals surface area contributed by atoms with Gasteiger partial charge in [-0.25, -0.2) is 4.79 Å². The predicted molar refractivity (Wildman–Crippen MR) is 104 cm³/mol. The third-order valence-electron chi connectivity index (χ3n) is 4.74. The van der Waals surface area contributed by atoms with Gasteiger partial charge in [-0.1, -0.05) is 6.92 Å². The minimum absolute atomic E-state index is 0.0238. The quantitative estimate of drug-likeness (QED) is 0.812. The summed E-state index contributed by atoms with van der Waals surface area (Å²) in [5.74, 6) is 0.364. The van der Waals surface area contributed by atoms with Crippen LogP contribution in [0.3, 0.4) is 0 Å². The molecule has 0 spiro atoms. The molecular formula is C21H25N3O3. The lowest BCUT2D eigenvalue weighted by Crippen LogP contribution is -2.37. The molecule has 6 nitrogen and oxygen atoms in total. The first-order chi connectivity index (χ1) is 13.1. The first-order valence-electron chi connectivity index (χ1n) is 9.35. The molecule has 1 aliphatic rings. The Balaban J connectivity index is 1.67. The van der Waals surface area contributed by atoms with Gasteiger partial charge in [0.25, 0.3) is 5.91 Å². The minimum Gasteiger partial charge on any atom is -0.462 e. The van der Waals surface area contributed by atoms with Crippen molar-refractivity contribution in [1.82, 2.24) is 9.88 Å². The molecule has 0 saturated carbocycles. The second-order valence-corrected chi connectivity index (χ2v) is 6.86. The number of carbonyl (C=O) groups excluding carboxylic acids is 2. The normalized spacial score (nSPS) is 14.7. The average Bonchev–Trinajstić information content (AvgIpc) is 2.69. The fourth-order valence-corrected chi connectivity index (χ4v) is 3.09. The molecule has 0 unspecified atom stereocenters. The molecule has 0 bridgehead atoms. The lowest BCUT2D eigenvalue weighted by atomic mass is 9.99. The number of ether oxygens (including phenoxy) is 1. The van der Waals surface area contributed by atoms with E-state index >= 15 is 0 Å². The number of nitrogens with one attached hydrogen (secondary N) is 1. The number of benzene rings is 1. The number of esters is 1. The van der Waals surface area contributed by atoms with Crippen LogP contribution in [0.5, 0.6) is 0 Å². The van der Waals surface area contributed by atoms with Gasteiger partial charge in [0.2, 0.25) is 0 Å². The van der Waals surface area contributed by atoms with Crippen molar-refractivity contribution < 1.29 is 14.3 Å². The summed E-state index contributed by atoms with van der Waals surface area (Å²) in [6.45, 7) is 5.95. The Morgan fingerprint density at radius 3 is 2.48 bits per heavy atom. The van der Waals surface area contributed by atoms with E-state index in [9.17, 15) is 9.59 Å². The topological polar surface area (TPSA) is 71.5 Å². The molecule has 1 N–H and O–H groups in total.